The summed E-state index contributed by atoms with van der Waals surface area (Å²) in [5, 5.41) is 4.19. The summed E-state index contributed by atoms with van der Waals surface area (Å²) in [4.78, 5) is 0. The molecule has 0 atom stereocenters. The molecule has 0 unspecified atom stereocenters. The third kappa shape index (κ3) is 1.13. The summed E-state index contributed by atoms with van der Waals surface area (Å²) in [5.41, 5.74) is 2.41. The molecule has 0 saturated carbocycles. The van der Waals surface area contributed by atoms with E-state index in [2.05, 4.69) is 46.7 Å². The highest BCUT2D eigenvalue weighted by Gasteiger charge is 1.98. The highest BCUT2D eigenvalue weighted by molar-refractivity contribution is 14.1. The summed E-state index contributed by atoms with van der Waals surface area (Å²) in [6.07, 6.45) is 3.90. The van der Waals surface area contributed by atoms with Gasteiger partial charge in [0.1, 0.15) is 0 Å². The number of aryl methyl sites for hydroxylation is 1. The number of pyridine rings is 1. The normalized spacial score (nSPS) is 10.7. The Morgan fingerprint density at radius 2 is 2.27 bits per heavy atom. The second-order valence-corrected chi connectivity index (χ2v) is 3.69. The average molecular weight is 258 g/mol. The van der Waals surface area contributed by atoms with Crippen LogP contribution in [0.4, 0.5) is 0 Å². The number of rotatable bonds is 0. The molecule has 3 heteroatoms. The maximum atomic E-state index is 4.19. The molecular weight excluding hydrogens is 251 g/mol. The van der Waals surface area contributed by atoms with Crippen molar-refractivity contribution in [2.75, 3.05) is 0 Å². The molecule has 0 aliphatic heterocycles. The number of halogens is 1. The SMILES string of the molecule is Cc1ccc2c(I)cnn2c1. The Bertz CT molecular complexity index is 392. The van der Waals surface area contributed by atoms with E-state index in [0.717, 1.165) is 0 Å². The molecule has 0 spiro atoms. The van der Waals surface area contributed by atoms with Gasteiger partial charge in [0.05, 0.1) is 15.3 Å². The van der Waals surface area contributed by atoms with Crippen LogP contribution in [0.25, 0.3) is 5.52 Å². The van der Waals surface area contributed by atoms with Crippen LogP contribution in [-0.4, -0.2) is 9.61 Å². The van der Waals surface area contributed by atoms with E-state index < -0.39 is 0 Å². The molecule has 2 aromatic heterocycles. The highest BCUT2D eigenvalue weighted by Crippen LogP contribution is 2.12. The molecule has 0 aliphatic carbocycles. The third-order valence-electron chi connectivity index (χ3n) is 1.62. The van der Waals surface area contributed by atoms with Gasteiger partial charge in [-0.15, -0.1) is 0 Å². The van der Waals surface area contributed by atoms with Crippen molar-refractivity contribution in [3.05, 3.63) is 33.7 Å². The molecule has 2 nitrogen and oxygen atoms in total. The average Bonchev–Trinajstić information content (AvgIpc) is 2.32. The van der Waals surface area contributed by atoms with E-state index in [1.165, 1.54) is 14.7 Å². The van der Waals surface area contributed by atoms with Gasteiger partial charge >= 0.3 is 0 Å². The van der Waals surface area contributed by atoms with Crippen molar-refractivity contribution in [2.24, 2.45) is 0 Å². The van der Waals surface area contributed by atoms with Gasteiger partial charge in [0.2, 0.25) is 0 Å². The summed E-state index contributed by atoms with van der Waals surface area (Å²) >= 11 is 2.28. The number of nitrogens with zero attached hydrogens (tertiary/aromatic N) is 2. The fourth-order valence-corrected chi connectivity index (χ4v) is 1.61. The smallest absolute Gasteiger partial charge is 0.0795 e. The Hall–Kier alpha value is -0.580. The summed E-state index contributed by atoms with van der Waals surface area (Å²) in [6.45, 7) is 2.06. The van der Waals surface area contributed by atoms with E-state index in [1.807, 2.05) is 16.9 Å². The van der Waals surface area contributed by atoms with Gasteiger partial charge in [-0.25, -0.2) is 4.52 Å². The predicted molar refractivity (Wildman–Crippen MR) is 52.6 cm³/mol. The van der Waals surface area contributed by atoms with Crippen molar-refractivity contribution < 1.29 is 0 Å². The van der Waals surface area contributed by atoms with Gasteiger partial charge in [0.25, 0.3) is 0 Å². The highest BCUT2D eigenvalue weighted by atomic mass is 127. The molecule has 0 saturated heterocycles. The van der Waals surface area contributed by atoms with Crippen LogP contribution in [0.3, 0.4) is 0 Å². The van der Waals surface area contributed by atoms with Crippen molar-refractivity contribution in [2.45, 2.75) is 6.92 Å². The number of fused-ring (bicyclic) bond motifs is 1. The summed E-state index contributed by atoms with van der Waals surface area (Å²) in [6, 6.07) is 4.18. The van der Waals surface area contributed by atoms with E-state index in [4.69, 9.17) is 0 Å². The van der Waals surface area contributed by atoms with Crippen molar-refractivity contribution in [3.8, 4) is 0 Å². The molecule has 2 heterocycles. The fraction of sp³-hybridized carbons (Fsp3) is 0.125. The lowest BCUT2D eigenvalue weighted by Gasteiger charge is -1.94. The molecule has 0 aliphatic rings. The number of aromatic nitrogens is 2. The topological polar surface area (TPSA) is 17.3 Å². The van der Waals surface area contributed by atoms with Crippen LogP contribution in [0.1, 0.15) is 5.56 Å². The van der Waals surface area contributed by atoms with E-state index >= 15 is 0 Å². The first-order valence-electron chi connectivity index (χ1n) is 3.37. The first-order chi connectivity index (χ1) is 5.27. The lowest BCUT2D eigenvalue weighted by atomic mass is 10.3. The van der Waals surface area contributed by atoms with Crippen molar-refractivity contribution >= 4 is 28.1 Å². The zero-order chi connectivity index (χ0) is 7.84. The van der Waals surface area contributed by atoms with Gasteiger partial charge in [0, 0.05) is 6.20 Å². The first kappa shape index (κ1) is 7.09. The molecule has 11 heavy (non-hydrogen) atoms. The Morgan fingerprint density at radius 3 is 3.09 bits per heavy atom. The van der Waals surface area contributed by atoms with Gasteiger partial charge in [-0.2, -0.15) is 5.10 Å². The van der Waals surface area contributed by atoms with Crippen LogP contribution < -0.4 is 0 Å². The van der Waals surface area contributed by atoms with Gasteiger partial charge in [0.15, 0.2) is 0 Å². The molecule has 0 fully saturated rings. The van der Waals surface area contributed by atoms with Crippen LogP contribution in [0.2, 0.25) is 0 Å². The van der Waals surface area contributed by atoms with Gasteiger partial charge in [-0.1, -0.05) is 6.07 Å². The Morgan fingerprint density at radius 1 is 1.45 bits per heavy atom. The second-order valence-electron chi connectivity index (χ2n) is 2.53. The molecule has 0 bridgehead atoms. The Balaban J connectivity index is 2.86. The minimum atomic E-state index is 1.18. The minimum absolute atomic E-state index is 1.18. The van der Waals surface area contributed by atoms with Gasteiger partial charge < -0.3 is 0 Å². The lowest BCUT2D eigenvalue weighted by molar-refractivity contribution is 0.952. The van der Waals surface area contributed by atoms with Crippen molar-refractivity contribution in [1.82, 2.24) is 9.61 Å². The molecule has 2 aromatic rings. The van der Waals surface area contributed by atoms with E-state index in [0.29, 0.717) is 0 Å². The van der Waals surface area contributed by atoms with Crippen LogP contribution in [0.5, 0.6) is 0 Å². The van der Waals surface area contributed by atoms with E-state index in [-0.39, 0.29) is 0 Å². The maximum absolute atomic E-state index is 4.19. The summed E-state index contributed by atoms with van der Waals surface area (Å²) in [5.74, 6) is 0. The summed E-state index contributed by atoms with van der Waals surface area (Å²) < 4.78 is 3.10. The Kier molecular flexibility index (Phi) is 1.60. The molecule has 0 N–H and O–H groups in total. The molecule has 0 amide bonds. The molecular formula is C8H7IN2. The van der Waals surface area contributed by atoms with Gasteiger partial charge in [-0.05, 0) is 41.1 Å². The first-order valence-corrected chi connectivity index (χ1v) is 4.45. The zero-order valence-corrected chi connectivity index (χ0v) is 8.24. The molecule has 2 rings (SSSR count). The largest absolute Gasteiger partial charge is 0.240 e. The number of hydrogen-bond acceptors (Lipinski definition) is 1. The molecule has 0 radical (unpaired) electrons. The fourth-order valence-electron chi connectivity index (χ4n) is 1.06. The van der Waals surface area contributed by atoms with Gasteiger partial charge in [-0.3, -0.25) is 0 Å². The van der Waals surface area contributed by atoms with Crippen LogP contribution in [0, 0.1) is 10.5 Å². The van der Waals surface area contributed by atoms with E-state index in [9.17, 15) is 0 Å². The Labute approximate surface area is 78.4 Å². The quantitative estimate of drug-likeness (QED) is 0.662. The van der Waals surface area contributed by atoms with Crippen LogP contribution in [0.15, 0.2) is 24.5 Å². The zero-order valence-electron chi connectivity index (χ0n) is 6.08. The third-order valence-corrected chi connectivity index (χ3v) is 2.45. The standard InChI is InChI=1S/C8H7IN2/c1-6-2-3-8-7(9)4-10-11(8)5-6/h2-5H,1H3. The monoisotopic (exact) mass is 258 g/mol. The van der Waals surface area contributed by atoms with Crippen molar-refractivity contribution in [3.63, 3.8) is 0 Å². The van der Waals surface area contributed by atoms with Crippen molar-refractivity contribution in [1.29, 1.82) is 0 Å². The minimum Gasteiger partial charge on any atom is -0.240 e. The summed E-state index contributed by atoms with van der Waals surface area (Å²) in [7, 11) is 0. The maximum Gasteiger partial charge on any atom is 0.0795 e. The van der Waals surface area contributed by atoms with Crippen LogP contribution >= 0.6 is 22.6 Å². The van der Waals surface area contributed by atoms with E-state index in [1.54, 1.807) is 0 Å². The molecule has 56 valence electrons. The lowest BCUT2D eigenvalue weighted by Crippen LogP contribution is -1.86. The number of hydrogen-bond donors (Lipinski definition) is 0. The second kappa shape index (κ2) is 2.48. The predicted octanol–water partition coefficient (Wildman–Crippen LogP) is 2.25. The van der Waals surface area contributed by atoms with Crippen LogP contribution in [-0.2, 0) is 0 Å². The molecule has 0 aromatic carbocycles.